The first-order valence-corrected chi connectivity index (χ1v) is 9.48. The van der Waals surface area contributed by atoms with Crippen molar-refractivity contribution in [2.75, 3.05) is 13.2 Å². The molecule has 1 aromatic rings. The Morgan fingerprint density at radius 1 is 1.21 bits per heavy atom. The van der Waals surface area contributed by atoms with E-state index in [0.29, 0.717) is 12.6 Å². The highest BCUT2D eigenvalue weighted by Crippen LogP contribution is 2.28. The zero-order valence-corrected chi connectivity index (χ0v) is 14.5. The number of ether oxygens (including phenoxy) is 1. The Morgan fingerprint density at radius 3 is 2.88 bits per heavy atom. The number of carbonyl (C=O) groups is 1. The fourth-order valence-electron chi connectivity index (χ4n) is 3.86. The third-order valence-corrected chi connectivity index (χ3v) is 5.17. The van der Waals surface area contributed by atoms with Gasteiger partial charge in [0.1, 0.15) is 0 Å². The van der Waals surface area contributed by atoms with Crippen LogP contribution in [0.2, 0.25) is 0 Å². The number of hydrogen-bond acceptors (Lipinski definition) is 3. The van der Waals surface area contributed by atoms with Gasteiger partial charge in [0.2, 0.25) is 0 Å². The third-order valence-electron chi connectivity index (χ3n) is 5.17. The van der Waals surface area contributed by atoms with E-state index in [4.69, 9.17) is 4.74 Å². The second-order valence-electron chi connectivity index (χ2n) is 6.98. The van der Waals surface area contributed by atoms with Crippen molar-refractivity contribution in [1.82, 2.24) is 20.4 Å². The molecular weight excluding hydrogens is 304 g/mol. The van der Waals surface area contributed by atoms with Crippen molar-refractivity contribution >= 4 is 6.03 Å². The summed E-state index contributed by atoms with van der Waals surface area (Å²) in [5, 5.41) is 10.5. The van der Waals surface area contributed by atoms with Crippen LogP contribution >= 0.6 is 0 Å². The molecule has 1 aliphatic carbocycles. The average molecular weight is 334 g/mol. The van der Waals surface area contributed by atoms with E-state index in [9.17, 15) is 4.79 Å². The minimum Gasteiger partial charge on any atom is -0.378 e. The van der Waals surface area contributed by atoms with Crippen LogP contribution in [0.25, 0.3) is 0 Å². The summed E-state index contributed by atoms with van der Waals surface area (Å²) >= 11 is 0. The van der Waals surface area contributed by atoms with E-state index < -0.39 is 0 Å². The van der Waals surface area contributed by atoms with Gasteiger partial charge in [-0.3, -0.25) is 4.68 Å². The van der Waals surface area contributed by atoms with E-state index in [-0.39, 0.29) is 18.1 Å². The highest BCUT2D eigenvalue weighted by Gasteiger charge is 2.28. The van der Waals surface area contributed by atoms with Crippen LogP contribution in [-0.4, -0.2) is 41.1 Å². The number of amides is 2. The molecule has 6 heteroatoms. The van der Waals surface area contributed by atoms with Crippen LogP contribution in [0.3, 0.4) is 0 Å². The first-order valence-electron chi connectivity index (χ1n) is 9.48. The maximum Gasteiger partial charge on any atom is 0.315 e. The number of hydrogen-bond donors (Lipinski definition) is 2. The summed E-state index contributed by atoms with van der Waals surface area (Å²) < 4.78 is 7.71. The van der Waals surface area contributed by atoms with Crippen molar-refractivity contribution in [3.8, 4) is 0 Å². The van der Waals surface area contributed by atoms with Crippen LogP contribution in [0.5, 0.6) is 0 Å². The molecule has 1 saturated heterocycles. The highest BCUT2D eigenvalue weighted by molar-refractivity contribution is 5.74. The number of aromatic nitrogens is 2. The Labute approximate surface area is 144 Å². The van der Waals surface area contributed by atoms with E-state index >= 15 is 0 Å². The topological polar surface area (TPSA) is 68.2 Å². The molecule has 6 nitrogen and oxygen atoms in total. The summed E-state index contributed by atoms with van der Waals surface area (Å²) in [5.41, 5.74) is 0. The lowest BCUT2D eigenvalue weighted by Crippen LogP contribution is -2.47. The zero-order chi connectivity index (χ0) is 16.6. The van der Waals surface area contributed by atoms with E-state index in [0.717, 1.165) is 32.3 Å². The van der Waals surface area contributed by atoms with Gasteiger partial charge in [0.25, 0.3) is 0 Å². The smallest absolute Gasteiger partial charge is 0.315 e. The average Bonchev–Trinajstić information content (AvgIpc) is 3.15. The van der Waals surface area contributed by atoms with E-state index in [2.05, 4.69) is 15.7 Å². The van der Waals surface area contributed by atoms with Gasteiger partial charge in [-0.15, -0.1) is 0 Å². The highest BCUT2D eigenvalue weighted by atomic mass is 16.5. The molecule has 2 aliphatic rings. The Balaban J connectivity index is 1.37. The number of urea groups is 1. The van der Waals surface area contributed by atoms with Crippen LogP contribution in [0.4, 0.5) is 4.79 Å². The number of nitrogens with one attached hydrogen (secondary N) is 2. The SMILES string of the molecule is O=C(NCCC[C@@H]1CCCCO1)N[C@H]1CCCC[C@@H]1n1cccn1. The normalized spacial score (nSPS) is 27.6. The fourth-order valence-corrected chi connectivity index (χ4v) is 3.86. The predicted molar refractivity (Wildman–Crippen MR) is 92.9 cm³/mol. The second-order valence-corrected chi connectivity index (χ2v) is 6.98. The molecule has 2 fully saturated rings. The lowest BCUT2D eigenvalue weighted by Gasteiger charge is -2.32. The Hall–Kier alpha value is -1.56. The largest absolute Gasteiger partial charge is 0.378 e. The molecule has 24 heavy (non-hydrogen) atoms. The predicted octanol–water partition coefficient (Wildman–Crippen LogP) is 3.02. The van der Waals surface area contributed by atoms with Crippen LogP contribution < -0.4 is 10.6 Å². The summed E-state index contributed by atoms with van der Waals surface area (Å²) in [7, 11) is 0. The van der Waals surface area contributed by atoms with Gasteiger partial charge in [0, 0.05) is 25.5 Å². The van der Waals surface area contributed by atoms with Gasteiger partial charge in [-0.25, -0.2) is 4.79 Å². The molecule has 0 bridgehead atoms. The van der Waals surface area contributed by atoms with Crippen molar-refractivity contribution in [2.45, 2.75) is 76.0 Å². The molecule has 0 radical (unpaired) electrons. The molecule has 2 heterocycles. The Kier molecular flexibility index (Phi) is 6.52. The van der Waals surface area contributed by atoms with Crippen molar-refractivity contribution < 1.29 is 9.53 Å². The Morgan fingerprint density at radius 2 is 2.08 bits per heavy atom. The van der Waals surface area contributed by atoms with Crippen LogP contribution in [0.1, 0.15) is 63.8 Å². The van der Waals surface area contributed by atoms with Gasteiger partial charge in [-0.05, 0) is 51.0 Å². The van der Waals surface area contributed by atoms with Gasteiger partial charge in [-0.1, -0.05) is 12.8 Å². The summed E-state index contributed by atoms with van der Waals surface area (Å²) in [5.74, 6) is 0. The van der Waals surface area contributed by atoms with Crippen molar-refractivity contribution in [3.63, 3.8) is 0 Å². The number of nitrogens with zero attached hydrogens (tertiary/aromatic N) is 2. The maximum atomic E-state index is 12.2. The number of rotatable bonds is 6. The van der Waals surface area contributed by atoms with Crippen LogP contribution in [0, 0.1) is 0 Å². The molecule has 3 atom stereocenters. The molecule has 1 saturated carbocycles. The van der Waals surface area contributed by atoms with Gasteiger partial charge in [-0.2, -0.15) is 5.10 Å². The van der Waals surface area contributed by atoms with Crippen molar-refractivity contribution in [2.24, 2.45) is 0 Å². The molecule has 134 valence electrons. The molecule has 3 rings (SSSR count). The van der Waals surface area contributed by atoms with Gasteiger partial charge < -0.3 is 15.4 Å². The van der Waals surface area contributed by atoms with Gasteiger partial charge in [0.15, 0.2) is 0 Å². The van der Waals surface area contributed by atoms with Crippen LogP contribution in [0.15, 0.2) is 18.5 Å². The summed E-state index contributed by atoms with van der Waals surface area (Å²) in [4.78, 5) is 12.2. The minimum atomic E-state index is -0.0522. The van der Waals surface area contributed by atoms with E-state index in [1.54, 1.807) is 6.20 Å². The molecule has 0 spiro atoms. The minimum absolute atomic E-state index is 0.0522. The second kappa shape index (κ2) is 9.06. The monoisotopic (exact) mass is 334 g/mol. The molecule has 0 unspecified atom stereocenters. The van der Waals surface area contributed by atoms with Crippen molar-refractivity contribution in [3.05, 3.63) is 18.5 Å². The molecule has 2 N–H and O–H groups in total. The molecule has 1 aromatic heterocycles. The Bertz CT molecular complexity index is 485. The maximum absolute atomic E-state index is 12.2. The van der Waals surface area contributed by atoms with E-state index in [1.807, 2.05) is 16.9 Å². The summed E-state index contributed by atoms with van der Waals surface area (Å²) in [6.07, 6.45) is 14.3. The summed E-state index contributed by atoms with van der Waals surface area (Å²) in [6, 6.07) is 2.33. The molecule has 2 amide bonds. The summed E-state index contributed by atoms with van der Waals surface area (Å²) in [6.45, 7) is 1.61. The lowest BCUT2D eigenvalue weighted by molar-refractivity contribution is 0.0103. The first kappa shape index (κ1) is 17.3. The first-order chi connectivity index (χ1) is 11.8. The number of carbonyl (C=O) groups excluding carboxylic acids is 1. The van der Waals surface area contributed by atoms with E-state index in [1.165, 1.54) is 32.1 Å². The third kappa shape index (κ3) is 4.97. The van der Waals surface area contributed by atoms with Gasteiger partial charge in [0.05, 0.1) is 18.2 Å². The van der Waals surface area contributed by atoms with Crippen LogP contribution in [-0.2, 0) is 4.74 Å². The molecule has 0 aromatic carbocycles. The molecular formula is C18H30N4O2. The molecule has 1 aliphatic heterocycles. The standard InChI is InChI=1S/C18H30N4O2/c23-18(19-11-5-8-15-7-3-4-14-24-15)21-16-9-1-2-10-17(16)22-13-6-12-20-22/h6,12-13,15-17H,1-5,7-11,14H2,(H2,19,21,23)/t15-,16-,17-/m0/s1. The van der Waals surface area contributed by atoms with Crippen molar-refractivity contribution in [1.29, 1.82) is 0 Å². The lowest BCUT2D eigenvalue weighted by atomic mass is 9.90. The fraction of sp³-hybridized carbons (Fsp3) is 0.778. The zero-order valence-electron chi connectivity index (χ0n) is 14.5. The quantitative estimate of drug-likeness (QED) is 0.786. The van der Waals surface area contributed by atoms with Gasteiger partial charge >= 0.3 is 6.03 Å².